The molecule has 3 rings (SSSR count). The number of amides is 1. The first-order chi connectivity index (χ1) is 10.9. The number of aryl methyl sites for hydroxylation is 1. The van der Waals surface area contributed by atoms with Gasteiger partial charge >= 0.3 is 6.18 Å². The van der Waals surface area contributed by atoms with Gasteiger partial charge in [-0.1, -0.05) is 0 Å². The van der Waals surface area contributed by atoms with Gasteiger partial charge in [-0.25, -0.2) is 4.98 Å². The van der Waals surface area contributed by atoms with Gasteiger partial charge in [0.2, 0.25) is 0 Å². The molecule has 1 aliphatic heterocycles. The molecule has 0 aliphatic carbocycles. The van der Waals surface area contributed by atoms with Crippen LogP contribution in [0.1, 0.15) is 28.2 Å². The van der Waals surface area contributed by atoms with E-state index >= 15 is 0 Å². The Morgan fingerprint density at radius 1 is 1.48 bits per heavy atom. The van der Waals surface area contributed by atoms with Crippen LogP contribution < -0.4 is 0 Å². The molecular formula is C15H15F3N2O2S. The number of likely N-dealkylation sites (tertiary alicyclic amines) is 1. The Hall–Kier alpha value is -1.83. The zero-order valence-corrected chi connectivity index (χ0v) is 13.2. The van der Waals surface area contributed by atoms with Crippen LogP contribution in [0.4, 0.5) is 13.2 Å². The van der Waals surface area contributed by atoms with Crippen molar-refractivity contribution in [2.75, 3.05) is 13.1 Å². The molecule has 0 spiro atoms. The third-order valence-corrected chi connectivity index (χ3v) is 4.89. The molecular weight excluding hydrogens is 329 g/mol. The number of nitrogens with zero attached hydrogens (tertiary/aromatic N) is 2. The highest BCUT2D eigenvalue weighted by Gasteiger charge is 2.43. The van der Waals surface area contributed by atoms with Gasteiger partial charge in [0.15, 0.2) is 10.8 Å². The minimum atomic E-state index is -4.27. The molecule has 1 fully saturated rings. The fourth-order valence-corrected chi connectivity index (χ4v) is 3.55. The number of carbonyl (C=O) groups is 1. The molecule has 0 unspecified atom stereocenters. The van der Waals surface area contributed by atoms with Gasteiger partial charge in [-0.15, -0.1) is 11.3 Å². The number of halogens is 3. The number of alkyl halides is 3. The molecule has 1 saturated heterocycles. The lowest BCUT2D eigenvalue weighted by molar-refractivity contribution is -0.184. The predicted octanol–water partition coefficient (Wildman–Crippen LogP) is 4.13. The maximum Gasteiger partial charge on any atom is 0.393 e. The lowest BCUT2D eigenvalue weighted by Gasteiger charge is -2.33. The maximum absolute atomic E-state index is 12.9. The molecule has 2 aromatic rings. The Morgan fingerprint density at radius 3 is 2.91 bits per heavy atom. The number of rotatable bonds is 2. The predicted molar refractivity (Wildman–Crippen MR) is 79.2 cm³/mol. The molecule has 2 aromatic heterocycles. The number of furan rings is 1. The largest absolute Gasteiger partial charge is 0.462 e. The topological polar surface area (TPSA) is 46.3 Å². The summed E-state index contributed by atoms with van der Waals surface area (Å²) in [6.07, 6.45) is -2.34. The summed E-state index contributed by atoms with van der Waals surface area (Å²) in [7, 11) is 0. The molecule has 1 atom stereocenters. The Kier molecular flexibility index (Phi) is 4.18. The second kappa shape index (κ2) is 5.99. The molecule has 3 heterocycles. The van der Waals surface area contributed by atoms with Crippen molar-refractivity contribution in [3.63, 3.8) is 0 Å². The summed E-state index contributed by atoms with van der Waals surface area (Å²) in [5.41, 5.74) is 0.212. The summed E-state index contributed by atoms with van der Waals surface area (Å²) in [6.45, 7) is 1.77. The molecule has 1 aliphatic rings. The van der Waals surface area contributed by atoms with Crippen molar-refractivity contribution in [1.82, 2.24) is 9.88 Å². The highest BCUT2D eigenvalue weighted by Crippen LogP contribution is 2.34. The van der Waals surface area contributed by atoms with Crippen molar-refractivity contribution in [3.8, 4) is 10.8 Å². The average molecular weight is 344 g/mol. The number of aromatic nitrogens is 1. The van der Waals surface area contributed by atoms with E-state index in [1.807, 2.05) is 0 Å². The van der Waals surface area contributed by atoms with Crippen LogP contribution in [0.5, 0.6) is 0 Å². The number of hydrogen-bond donors (Lipinski definition) is 0. The van der Waals surface area contributed by atoms with Crippen LogP contribution in [-0.4, -0.2) is 35.1 Å². The standard InChI is InChI=1S/C15H15F3N2O2S/c1-9-12(19-13(23-9)11-5-3-7-22-11)14(21)20-6-2-4-10(8-20)15(16,17)18/h3,5,7,10H,2,4,6,8H2,1H3/t10-/m0/s1. The van der Waals surface area contributed by atoms with Crippen LogP contribution in [0, 0.1) is 12.8 Å². The van der Waals surface area contributed by atoms with E-state index in [4.69, 9.17) is 4.42 Å². The van der Waals surface area contributed by atoms with Gasteiger partial charge < -0.3 is 9.32 Å². The van der Waals surface area contributed by atoms with E-state index in [-0.39, 0.29) is 18.7 Å². The van der Waals surface area contributed by atoms with Gasteiger partial charge in [0, 0.05) is 18.0 Å². The zero-order chi connectivity index (χ0) is 16.6. The van der Waals surface area contributed by atoms with Gasteiger partial charge in [-0.05, 0) is 31.9 Å². The Labute approximate surface area is 134 Å². The summed E-state index contributed by atoms with van der Waals surface area (Å²) in [5.74, 6) is -1.35. The van der Waals surface area contributed by atoms with Crippen LogP contribution in [-0.2, 0) is 0 Å². The normalized spacial score (nSPS) is 19.1. The van der Waals surface area contributed by atoms with Crippen LogP contribution in [0.15, 0.2) is 22.8 Å². The summed E-state index contributed by atoms with van der Waals surface area (Å²) in [5, 5.41) is 0.556. The summed E-state index contributed by atoms with van der Waals surface area (Å²) >= 11 is 1.30. The highest BCUT2D eigenvalue weighted by molar-refractivity contribution is 7.15. The van der Waals surface area contributed by atoms with Crippen molar-refractivity contribution in [1.29, 1.82) is 0 Å². The van der Waals surface area contributed by atoms with Crippen molar-refractivity contribution in [2.24, 2.45) is 5.92 Å². The fourth-order valence-electron chi connectivity index (χ4n) is 2.68. The summed E-state index contributed by atoms with van der Waals surface area (Å²) < 4.78 is 43.9. The first kappa shape index (κ1) is 16.0. The number of piperidine rings is 1. The SMILES string of the molecule is Cc1sc(-c2ccco2)nc1C(=O)N1CCC[C@H](C(F)(F)F)C1. The van der Waals surface area contributed by atoms with Gasteiger partial charge in [0.25, 0.3) is 5.91 Å². The number of thiazole rings is 1. The molecule has 23 heavy (non-hydrogen) atoms. The molecule has 1 amide bonds. The van der Waals surface area contributed by atoms with Gasteiger partial charge in [0.1, 0.15) is 5.69 Å². The smallest absolute Gasteiger partial charge is 0.393 e. The van der Waals surface area contributed by atoms with E-state index in [0.717, 1.165) is 0 Å². The van der Waals surface area contributed by atoms with Crippen molar-refractivity contribution < 1.29 is 22.4 Å². The molecule has 0 aromatic carbocycles. The van der Waals surface area contributed by atoms with E-state index in [1.165, 1.54) is 22.5 Å². The number of carbonyl (C=O) groups excluding carboxylic acids is 1. The molecule has 0 saturated carbocycles. The third-order valence-electron chi connectivity index (χ3n) is 3.90. The van der Waals surface area contributed by atoms with Crippen LogP contribution >= 0.6 is 11.3 Å². The van der Waals surface area contributed by atoms with E-state index in [2.05, 4.69) is 4.98 Å². The molecule has 0 bridgehead atoms. The van der Waals surface area contributed by atoms with E-state index in [1.54, 1.807) is 19.1 Å². The van der Waals surface area contributed by atoms with E-state index in [0.29, 0.717) is 28.6 Å². The third kappa shape index (κ3) is 3.26. The monoisotopic (exact) mass is 344 g/mol. The first-order valence-electron chi connectivity index (χ1n) is 7.23. The zero-order valence-electron chi connectivity index (χ0n) is 12.4. The summed E-state index contributed by atoms with van der Waals surface area (Å²) in [4.78, 5) is 18.8. The molecule has 0 radical (unpaired) electrons. The van der Waals surface area contributed by atoms with Crippen molar-refractivity contribution in [3.05, 3.63) is 29.0 Å². The lowest BCUT2D eigenvalue weighted by Crippen LogP contribution is -2.44. The van der Waals surface area contributed by atoms with Crippen LogP contribution in [0.25, 0.3) is 10.8 Å². The number of hydrogen-bond acceptors (Lipinski definition) is 4. The molecule has 4 nitrogen and oxygen atoms in total. The Morgan fingerprint density at radius 2 is 2.26 bits per heavy atom. The van der Waals surface area contributed by atoms with Crippen LogP contribution in [0.3, 0.4) is 0 Å². The van der Waals surface area contributed by atoms with Gasteiger partial charge in [-0.3, -0.25) is 4.79 Å². The average Bonchev–Trinajstić information content (AvgIpc) is 3.15. The van der Waals surface area contributed by atoms with Gasteiger partial charge in [0.05, 0.1) is 12.2 Å². The summed E-state index contributed by atoms with van der Waals surface area (Å²) in [6, 6.07) is 3.44. The molecule has 124 valence electrons. The fraction of sp³-hybridized carbons (Fsp3) is 0.467. The molecule has 8 heteroatoms. The van der Waals surface area contributed by atoms with Crippen molar-refractivity contribution >= 4 is 17.2 Å². The first-order valence-corrected chi connectivity index (χ1v) is 8.05. The van der Waals surface area contributed by atoms with Crippen LogP contribution in [0.2, 0.25) is 0 Å². The van der Waals surface area contributed by atoms with Crippen molar-refractivity contribution in [2.45, 2.75) is 25.9 Å². The maximum atomic E-state index is 12.9. The Bertz CT molecular complexity index is 694. The second-order valence-electron chi connectivity index (χ2n) is 5.53. The quantitative estimate of drug-likeness (QED) is 0.823. The molecule has 0 N–H and O–H groups in total. The highest BCUT2D eigenvalue weighted by atomic mass is 32.1. The van der Waals surface area contributed by atoms with Gasteiger partial charge in [-0.2, -0.15) is 13.2 Å². The minimum Gasteiger partial charge on any atom is -0.462 e. The second-order valence-corrected chi connectivity index (χ2v) is 6.74. The minimum absolute atomic E-state index is 0.0704. The lowest BCUT2D eigenvalue weighted by atomic mass is 9.97. The van der Waals surface area contributed by atoms with E-state index < -0.39 is 18.0 Å². The van der Waals surface area contributed by atoms with E-state index in [9.17, 15) is 18.0 Å². The Balaban J connectivity index is 1.80.